The summed E-state index contributed by atoms with van der Waals surface area (Å²) in [7, 11) is 0. The molecule has 4 nitrogen and oxygen atoms in total. The van der Waals surface area contributed by atoms with Gasteiger partial charge in [0, 0.05) is 6.61 Å². The van der Waals surface area contributed by atoms with Gasteiger partial charge in [0.05, 0.1) is 0 Å². The van der Waals surface area contributed by atoms with Crippen LogP contribution in [0.5, 0.6) is 0 Å². The molecule has 2 N–H and O–H groups in total. The van der Waals surface area contributed by atoms with Gasteiger partial charge in [0.15, 0.2) is 0 Å². The molecule has 0 aliphatic rings. The molecule has 0 aromatic heterocycles. The summed E-state index contributed by atoms with van der Waals surface area (Å²) < 4.78 is 4.15. The Hall–Kier alpha value is -0.770. The first-order valence-electron chi connectivity index (χ1n) is 2.26. The van der Waals surface area contributed by atoms with Crippen molar-refractivity contribution in [3.8, 4) is 0 Å². The summed E-state index contributed by atoms with van der Waals surface area (Å²) in [5.41, 5.74) is 0. The van der Waals surface area contributed by atoms with Gasteiger partial charge in [-0.15, -0.1) is 0 Å². The Morgan fingerprint density at radius 2 is 2.38 bits per heavy atom. The van der Waals surface area contributed by atoms with Crippen molar-refractivity contribution in [3.05, 3.63) is 0 Å². The Kier molecular flexibility index (Phi) is 3.97. The lowest BCUT2D eigenvalue weighted by atomic mass is 10.5. The van der Waals surface area contributed by atoms with Crippen LogP contribution in [0.1, 0.15) is 6.42 Å². The fourth-order valence-electron chi connectivity index (χ4n) is 0.229. The average molecular weight is 118 g/mol. The zero-order valence-corrected chi connectivity index (χ0v) is 4.39. The molecule has 0 rings (SSSR count). The molecule has 0 unspecified atom stereocenters. The predicted octanol–water partition coefficient (Wildman–Crippen LogP) is -1.32. The number of nitrogens with one attached hydrogen (secondary N) is 1. The minimum absolute atomic E-state index is 0.00667. The third-order valence-electron chi connectivity index (χ3n) is 0.536. The molecule has 0 aliphatic heterocycles. The standard InChI is InChI=1S/C4H9NO3/c5-4(7)8-3-1-2-6/h6H,1-3H2,(H2,5,7)/p-1. The second-order valence-electron chi connectivity index (χ2n) is 1.21. The van der Waals surface area contributed by atoms with Gasteiger partial charge in [-0.2, -0.15) is 0 Å². The lowest BCUT2D eigenvalue weighted by molar-refractivity contribution is -0.252. The molecule has 0 fully saturated rings. The van der Waals surface area contributed by atoms with E-state index in [2.05, 4.69) is 4.74 Å². The van der Waals surface area contributed by atoms with Gasteiger partial charge in [0.2, 0.25) is 0 Å². The highest BCUT2D eigenvalue weighted by Crippen LogP contribution is 1.76. The van der Waals surface area contributed by atoms with E-state index in [1.165, 1.54) is 0 Å². The number of hydrogen-bond acceptors (Lipinski definition) is 4. The van der Waals surface area contributed by atoms with Gasteiger partial charge in [0.1, 0.15) is 6.08 Å². The molecule has 0 aromatic carbocycles. The van der Waals surface area contributed by atoms with E-state index in [1.54, 1.807) is 0 Å². The molecule has 0 saturated heterocycles. The minimum Gasteiger partial charge on any atom is -0.600 e. The highest BCUT2D eigenvalue weighted by molar-refractivity contribution is 5.56. The van der Waals surface area contributed by atoms with E-state index in [0.717, 1.165) is 0 Å². The van der Waals surface area contributed by atoms with E-state index in [0.29, 0.717) is 6.42 Å². The number of hydrogen-bond donors (Lipinski definition) is 2. The molecular weight excluding hydrogens is 110 g/mol. The van der Waals surface area contributed by atoms with Crippen molar-refractivity contribution >= 4 is 6.08 Å². The van der Waals surface area contributed by atoms with Gasteiger partial charge in [0.25, 0.3) is 0 Å². The second kappa shape index (κ2) is 4.39. The molecular formula is C4H8NO3-. The Morgan fingerprint density at radius 1 is 1.75 bits per heavy atom. The summed E-state index contributed by atoms with van der Waals surface area (Å²) in [6.45, 7) is 0.131. The molecule has 0 amide bonds. The fraction of sp³-hybridized carbons (Fsp3) is 0.750. The molecule has 0 radical (unpaired) electrons. The van der Waals surface area contributed by atoms with Gasteiger partial charge in [-0.25, -0.2) is 0 Å². The molecule has 4 heteroatoms. The van der Waals surface area contributed by atoms with Crippen LogP contribution in [0.25, 0.3) is 0 Å². The topological polar surface area (TPSA) is 76.4 Å². The number of rotatable bonds is 3. The Morgan fingerprint density at radius 3 is 2.75 bits per heavy atom. The number of aliphatic hydroxyl groups is 1. The molecule has 0 bridgehead atoms. The van der Waals surface area contributed by atoms with Gasteiger partial charge in [-0.3, -0.25) is 5.41 Å². The van der Waals surface area contributed by atoms with Crippen molar-refractivity contribution in [2.45, 2.75) is 6.42 Å². The maximum atomic E-state index is 9.68. The van der Waals surface area contributed by atoms with Crippen LogP contribution in [-0.4, -0.2) is 24.4 Å². The van der Waals surface area contributed by atoms with Gasteiger partial charge >= 0.3 is 0 Å². The van der Waals surface area contributed by atoms with Crippen molar-refractivity contribution in [1.29, 1.82) is 5.41 Å². The number of aliphatic hydroxyl groups excluding tert-OH is 1. The van der Waals surface area contributed by atoms with E-state index >= 15 is 0 Å². The first kappa shape index (κ1) is 7.23. The second-order valence-corrected chi connectivity index (χ2v) is 1.21. The van der Waals surface area contributed by atoms with E-state index in [-0.39, 0.29) is 13.2 Å². The van der Waals surface area contributed by atoms with Crippen LogP contribution in [-0.2, 0) is 4.74 Å². The average Bonchev–Trinajstić information content (AvgIpc) is 1.66. The van der Waals surface area contributed by atoms with E-state index in [1.807, 2.05) is 0 Å². The van der Waals surface area contributed by atoms with Crippen molar-refractivity contribution in [2.75, 3.05) is 13.2 Å². The van der Waals surface area contributed by atoms with Crippen molar-refractivity contribution in [2.24, 2.45) is 0 Å². The minimum atomic E-state index is -1.04. The van der Waals surface area contributed by atoms with Crippen molar-refractivity contribution in [3.63, 3.8) is 0 Å². The highest BCUT2D eigenvalue weighted by Gasteiger charge is 1.77. The Bertz CT molecular complexity index is 73.7. The van der Waals surface area contributed by atoms with Gasteiger partial charge in [-0.1, -0.05) is 0 Å². The van der Waals surface area contributed by atoms with E-state index in [9.17, 15) is 5.11 Å². The summed E-state index contributed by atoms with van der Waals surface area (Å²) in [5.74, 6) is 0. The van der Waals surface area contributed by atoms with Crippen LogP contribution in [0.3, 0.4) is 0 Å². The highest BCUT2D eigenvalue weighted by atomic mass is 16.6. The normalized spacial score (nSPS) is 8.62. The maximum absolute atomic E-state index is 9.68. The molecule has 0 aromatic rings. The lowest BCUT2D eigenvalue weighted by Crippen LogP contribution is -2.20. The van der Waals surface area contributed by atoms with Crippen molar-refractivity contribution in [1.82, 2.24) is 0 Å². The molecule has 0 spiro atoms. The van der Waals surface area contributed by atoms with Crippen LogP contribution in [0.4, 0.5) is 0 Å². The molecule has 0 saturated carbocycles. The van der Waals surface area contributed by atoms with Gasteiger partial charge in [-0.05, 0) is 13.0 Å². The third-order valence-corrected chi connectivity index (χ3v) is 0.536. The molecule has 48 valence electrons. The smallest absolute Gasteiger partial charge is 0.142 e. The zero-order chi connectivity index (χ0) is 6.41. The van der Waals surface area contributed by atoms with Crippen LogP contribution >= 0.6 is 0 Å². The Labute approximate surface area is 47.2 Å². The molecule has 0 aliphatic carbocycles. The van der Waals surface area contributed by atoms with Crippen LogP contribution in [0.15, 0.2) is 0 Å². The van der Waals surface area contributed by atoms with Crippen LogP contribution in [0.2, 0.25) is 0 Å². The van der Waals surface area contributed by atoms with Crippen molar-refractivity contribution < 1.29 is 14.9 Å². The first-order chi connectivity index (χ1) is 3.77. The van der Waals surface area contributed by atoms with Gasteiger partial charge < -0.3 is 14.9 Å². The quantitative estimate of drug-likeness (QED) is 0.274. The summed E-state index contributed by atoms with van der Waals surface area (Å²) in [6.07, 6.45) is -0.636. The predicted molar refractivity (Wildman–Crippen MR) is 25.4 cm³/mol. The SMILES string of the molecule is N=C([O-])OCCCO. The first-order valence-corrected chi connectivity index (χ1v) is 2.26. The zero-order valence-electron chi connectivity index (χ0n) is 4.39. The summed E-state index contributed by atoms with van der Waals surface area (Å²) in [5, 5.41) is 24.0. The third kappa shape index (κ3) is 5.23. The monoisotopic (exact) mass is 118 g/mol. The largest absolute Gasteiger partial charge is 0.600 e. The van der Waals surface area contributed by atoms with Crippen LogP contribution in [0, 0.1) is 5.41 Å². The van der Waals surface area contributed by atoms with E-state index < -0.39 is 6.08 Å². The van der Waals surface area contributed by atoms with E-state index in [4.69, 9.17) is 10.5 Å². The lowest BCUT2D eigenvalue weighted by Gasteiger charge is -2.09. The summed E-state index contributed by atoms with van der Waals surface area (Å²) >= 11 is 0. The summed E-state index contributed by atoms with van der Waals surface area (Å²) in [6, 6.07) is 0. The molecule has 0 heterocycles. The maximum Gasteiger partial charge on any atom is 0.142 e. The fourth-order valence-corrected chi connectivity index (χ4v) is 0.229. The Balaban J connectivity index is 2.82. The number of ether oxygens (including phenoxy) is 1. The van der Waals surface area contributed by atoms with Crippen LogP contribution < -0.4 is 5.11 Å². The molecule has 0 atom stereocenters. The molecule has 8 heavy (non-hydrogen) atoms. The summed E-state index contributed by atoms with van der Waals surface area (Å²) in [4.78, 5) is 0.